The summed E-state index contributed by atoms with van der Waals surface area (Å²) in [4.78, 5) is 12.2. The third kappa shape index (κ3) is 3.00. The van der Waals surface area contributed by atoms with Crippen molar-refractivity contribution in [3.05, 3.63) is 51.6 Å². The molecule has 0 saturated heterocycles. The zero-order chi connectivity index (χ0) is 16.3. The Morgan fingerprint density at radius 2 is 2.05 bits per heavy atom. The zero-order valence-electron chi connectivity index (χ0n) is 13.9. The highest BCUT2D eigenvalue weighted by molar-refractivity contribution is 5.77. The molecule has 22 heavy (non-hydrogen) atoms. The third-order valence-electron chi connectivity index (χ3n) is 4.07. The molecule has 2 aliphatic heterocycles. The van der Waals surface area contributed by atoms with Gasteiger partial charge in [0.25, 0.3) is 5.56 Å². The summed E-state index contributed by atoms with van der Waals surface area (Å²) in [7, 11) is 1.81. The molecule has 5 nitrogen and oxygen atoms in total. The standard InChI is InChI=1S/C15H20N4O.C2H6/c1-10-3-4-11(8-19(10)16)14-9-18(2)15(20)12-5-6-17-7-13(12)14;1-2/h3-4,8-10,17H,5-7,16H2,1-2H3;1-2H3. The van der Waals surface area contributed by atoms with Crippen molar-refractivity contribution in [1.82, 2.24) is 14.9 Å². The Labute approximate surface area is 132 Å². The predicted molar refractivity (Wildman–Crippen MR) is 91.0 cm³/mol. The highest BCUT2D eigenvalue weighted by Gasteiger charge is 2.20. The number of nitrogens with two attached hydrogens (primary N) is 1. The van der Waals surface area contributed by atoms with E-state index in [0.29, 0.717) is 0 Å². The van der Waals surface area contributed by atoms with Gasteiger partial charge in [-0.05, 0) is 25.5 Å². The van der Waals surface area contributed by atoms with E-state index in [0.717, 1.165) is 41.8 Å². The molecule has 3 N–H and O–H groups in total. The van der Waals surface area contributed by atoms with E-state index in [9.17, 15) is 4.79 Å². The van der Waals surface area contributed by atoms with Gasteiger partial charge < -0.3 is 14.9 Å². The number of nitrogens with one attached hydrogen (secondary N) is 1. The Morgan fingerprint density at radius 1 is 1.32 bits per heavy atom. The normalized spacial score (nSPS) is 20.0. The van der Waals surface area contributed by atoms with E-state index < -0.39 is 0 Å². The van der Waals surface area contributed by atoms with Crippen LogP contribution in [0.3, 0.4) is 0 Å². The van der Waals surface area contributed by atoms with Crippen LogP contribution < -0.4 is 16.7 Å². The van der Waals surface area contributed by atoms with Crippen LogP contribution in [0.1, 0.15) is 37.5 Å². The second kappa shape index (κ2) is 6.94. The Hall–Kier alpha value is -1.85. The Bertz CT molecular complexity index is 657. The predicted octanol–water partition coefficient (Wildman–Crippen LogP) is 1.53. The molecule has 1 unspecified atom stereocenters. The highest BCUT2D eigenvalue weighted by Crippen LogP contribution is 2.26. The Balaban J connectivity index is 0.000000847. The van der Waals surface area contributed by atoms with Crippen molar-refractivity contribution >= 4 is 5.57 Å². The number of rotatable bonds is 1. The van der Waals surface area contributed by atoms with Crippen molar-refractivity contribution in [3.8, 4) is 0 Å². The summed E-state index contributed by atoms with van der Waals surface area (Å²) >= 11 is 0. The van der Waals surface area contributed by atoms with E-state index in [1.807, 2.05) is 40.2 Å². The van der Waals surface area contributed by atoms with Gasteiger partial charge in [-0.15, -0.1) is 0 Å². The smallest absolute Gasteiger partial charge is 0.253 e. The third-order valence-corrected chi connectivity index (χ3v) is 4.07. The monoisotopic (exact) mass is 302 g/mol. The van der Waals surface area contributed by atoms with Gasteiger partial charge in [0.15, 0.2) is 0 Å². The quantitative estimate of drug-likeness (QED) is 0.772. The molecule has 0 spiro atoms. The Morgan fingerprint density at radius 3 is 2.73 bits per heavy atom. The first-order valence-electron chi connectivity index (χ1n) is 7.93. The lowest BCUT2D eigenvalue weighted by Crippen LogP contribution is -2.36. The summed E-state index contributed by atoms with van der Waals surface area (Å²) in [5, 5.41) is 5.04. The van der Waals surface area contributed by atoms with Crippen molar-refractivity contribution in [2.24, 2.45) is 12.9 Å². The molecular weight excluding hydrogens is 276 g/mol. The number of nitrogens with zero attached hydrogens (tertiary/aromatic N) is 2. The van der Waals surface area contributed by atoms with Gasteiger partial charge in [0, 0.05) is 42.7 Å². The minimum Gasteiger partial charge on any atom is -0.318 e. The molecule has 120 valence electrons. The maximum Gasteiger partial charge on any atom is 0.253 e. The molecule has 0 bridgehead atoms. The topological polar surface area (TPSA) is 63.3 Å². The maximum atomic E-state index is 12.2. The van der Waals surface area contributed by atoms with Gasteiger partial charge in [-0.2, -0.15) is 0 Å². The van der Waals surface area contributed by atoms with Crippen LogP contribution in [0.5, 0.6) is 0 Å². The minimum absolute atomic E-state index is 0.114. The zero-order valence-corrected chi connectivity index (χ0v) is 13.9. The first kappa shape index (κ1) is 16.5. The summed E-state index contributed by atoms with van der Waals surface area (Å²) in [5.41, 5.74) is 4.30. The van der Waals surface area contributed by atoms with Crippen LogP contribution >= 0.6 is 0 Å². The molecule has 3 heterocycles. The fourth-order valence-electron chi connectivity index (χ4n) is 2.79. The fraction of sp³-hybridized carbons (Fsp3) is 0.471. The fourth-order valence-corrected chi connectivity index (χ4v) is 2.79. The molecule has 1 atom stereocenters. The number of pyridine rings is 1. The number of aryl methyl sites for hydroxylation is 1. The van der Waals surface area contributed by atoms with Crippen LogP contribution in [-0.4, -0.2) is 22.2 Å². The van der Waals surface area contributed by atoms with Gasteiger partial charge in [-0.25, -0.2) is 5.84 Å². The number of hydrogen-bond donors (Lipinski definition) is 2. The van der Waals surface area contributed by atoms with Crippen molar-refractivity contribution in [2.45, 2.75) is 39.8 Å². The lowest BCUT2D eigenvalue weighted by Gasteiger charge is -2.27. The first-order valence-corrected chi connectivity index (χ1v) is 7.93. The molecule has 0 radical (unpaired) electrons. The van der Waals surface area contributed by atoms with E-state index in [1.54, 1.807) is 9.58 Å². The van der Waals surface area contributed by atoms with Gasteiger partial charge in [0.2, 0.25) is 0 Å². The number of hydrogen-bond acceptors (Lipinski definition) is 4. The van der Waals surface area contributed by atoms with Crippen molar-refractivity contribution < 1.29 is 0 Å². The minimum atomic E-state index is 0.114. The molecule has 1 aromatic rings. The molecule has 0 fully saturated rings. The average molecular weight is 302 g/mol. The molecule has 0 saturated carbocycles. The van der Waals surface area contributed by atoms with Gasteiger partial charge in [-0.3, -0.25) is 4.79 Å². The van der Waals surface area contributed by atoms with E-state index in [2.05, 4.69) is 17.5 Å². The molecule has 3 rings (SSSR count). The number of fused-ring (bicyclic) bond motifs is 1. The van der Waals surface area contributed by atoms with E-state index in [-0.39, 0.29) is 11.6 Å². The molecule has 2 aliphatic rings. The lowest BCUT2D eigenvalue weighted by molar-refractivity contribution is 0.348. The summed E-state index contributed by atoms with van der Waals surface area (Å²) in [5.74, 6) is 5.97. The van der Waals surface area contributed by atoms with Crippen LogP contribution in [0.4, 0.5) is 0 Å². The molecule has 0 amide bonds. The van der Waals surface area contributed by atoms with Crippen molar-refractivity contribution in [2.75, 3.05) is 6.54 Å². The summed E-state index contributed by atoms with van der Waals surface area (Å²) in [6, 6.07) is 0.195. The summed E-state index contributed by atoms with van der Waals surface area (Å²) < 4.78 is 1.67. The first-order chi connectivity index (χ1) is 10.6. The second-order valence-electron chi connectivity index (χ2n) is 5.47. The highest BCUT2D eigenvalue weighted by atomic mass is 16.1. The van der Waals surface area contributed by atoms with Gasteiger partial charge in [0.05, 0.1) is 6.04 Å². The van der Waals surface area contributed by atoms with Crippen LogP contribution in [-0.2, 0) is 20.0 Å². The summed E-state index contributed by atoms with van der Waals surface area (Å²) in [6.45, 7) is 7.65. The van der Waals surface area contributed by atoms with Crippen LogP contribution in [0.2, 0.25) is 0 Å². The van der Waals surface area contributed by atoms with E-state index in [1.165, 1.54) is 0 Å². The number of aromatic nitrogens is 1. The largest absolute Gasteiger partial charge is 0.318 e. The van der Waals surface area contributed by atoms with E-state index in [4.69, 9.17) is 5.84 Å². The van der Waals surface area contributed by atoms with Crippen LogP contribution in [0, 0.1) is 0 Å². The molecule has 1 aromatic heterocycles. The average Bonchev–Trinajstić information content (AvgIpc) is 2.55. The maximum absolute atomic E-state index is 12.2. The van der Waals surface area contributed by atoms with Crippen LogP contribution in [0.25, 0.3) is 5.57 Å². The Kier molecular flexibility index (Phi) is 5.21. The molecule has 0 aromatic carbocycles. The van der Waals surface area contributed by atoms with Crippen molar-refractivity contribution in [3.63, 3.8) is 0 Å². The van der Waals surface area contributed by atoms with Gasteiger partial charge in [-0.1, -0.05) is 26.0 Å². The summed E-state index contributed by atoms with van der Waals surface area (Å²) in [6.07, 6.45) is 8.80. The second-order valence-corrected chi connectivity index (χ2v) is 5.47. The molecule has 5 heteroatoms. The SMILES string of the molecule is CC.CC1C=CC(c2cn(C)c(=O)c3c2CNCC3)=CN1N. The lowest BCUT2D eigenvalue weighted by atomic mass is 9.93. The van der Waals surface area contributed by atoms with Crippen molar-refractivity contribution in [1.29, 1.82) is 0 Å². The number of hydrazine groups is 1. The van der Waals surface area contributed by atoms with Gasteiger partial charge >= 0.3 is 0 Å². The van der Waals surface area contributed by atoms with Gasteiger partial charge in [0.1, 0.15) is 0 Å². The number of allylic oxidation sites excluding steroid dienone is 2. The molecule has 0 aliphatic carbocycles. The van der Waals surface area contributed by atoms with E-state index >= 15 is 0 Å². The van der Waals surface area contributed by atoms with Crippen LogP contribution in [0.15, 0.2) is 29.3 Å². The molecular formula is C17H26N4O.